The van der Waals surface area contributed by atoms with Crippen LogP contribution in [0.3, 0.4) is 0 Å². The molecule has 0 aliphatic rings. The number of halogens is 2. The van der Waals surface area contributed by atoms with Gasteiger partial charge in [-0.05, 0) is 60.5 Å². The molecular formula is C14H17Br2N3. The van der Waals surface area contributed by atoms with Crippen molar-refractivity contribution in [3.8, 4) is 5.69 Å². The first-order valence-corrected chi connectivity index (χ1v) is 7.68. The first kappa shape index (κ1) is 14.8. The summed E-state index contributed by atoms with van der Waals surface area (Å²) in [7, 11) is 0. The van der Waals surface area contributed by atoms with Crippen LogP contribution in [0.5, 0.6) is 0 Å². The minimum Gasteiger partial charge on any atom is -0.308 e. The Morgan fingerprint density at radius 1 is 1.21 bits per heavy atom. The standard InChI is InChI=1S/C14H17Br2N3/c1-14(2,3)17-7-10-6-11(15)4-5-13(10)19-9-12(16)8-18-19/h4-6,8-9,17H,7H2,1-3H3. The van der Waals surface area contributed by atoms with E-state index in [1.807, 2.05) is 16.9 Å². The highest BCUT2D eigenvalue weighted by Gasteiger charge is 2.12. The molecule has 19 heavy (non-hydrogen) atoms. The van der Waals surface area contributed by atoms with Crippen LogP contribution in [0, 0.1) is 0 Å². The van der Waals surface area contributed by atoms with Gasteiger partial charge in [0.25, 0.3) is 0 Å². The quantitative estimate of drug-likeness (QED) is 0.852. The molecule has 0 aliphatic heterocycles. The van der Waals surface area contributed by atoms with E-state index in [2.05, 4.69) is 75.2 Å². The average Bonchev–Trinajstić information content (AvgIpc) is 2.72. The highest BCUT2D eigenvalue weighted by atomic mass is 79.9. The molecule has 1 heterocycles. The molecule has 0 radical (unpaired) electrons. The third-order valence-electron chi connectivity index (χ3n) is 2.65. The predicted octanol–water partition coefficient (Wildman–Crippen LogP) is 4.29. The summed E-state index contributed by atoms with van der Waals surface area (Å²) < 4.78 is 3.94. The second-order valence-corrected chi connectivity index (χ2v) is 7.31. The van der Waals surface area contributed by atoms with Gasteiger partial charge in [-0.1, -0.05) is 15.9 Å². The predicted molar refractivity (Wildman–Crippen MR) is 85.6 cm³/mol. The second-order valence-electron chi connectivity index (χ2n) is 5.48. The van der Waals surface area contributed by atoms with Gasteiger partial charge in [-0.2, -0.15) is 5.10 Å². The SMILES string of the molecule is CC(C)(C)NCc1cc(Br)ccc1-n1cc(Br)cn1. The second kappa shape index (κ2) is 5.77. The van der Waals surface area contributed by atoms with E-state index in [4.69, 9.17) is 0 Å². The molecule has 0 saturated heterocycles. The molecule has 0 amide bonds. The van der Waals surface area contributed by atoms with Gasteiger partial charge >= 0.3 is 0 Å². The van der Waals surface area contributed by atoms with Crippen molar-refractivity contribution in [1.29, 1.82) is 0 Å². The van der Waals surface area contributed by atoms with Gasteiger partial charge in [0.15, 0.2) is 0 Å². The van der Waals surface area contributed by atoms with Crippen molar-refractivity contribution in [1.82, 2.24) is 15.1 Å². The van der Waals surface area contributed by atoms with Crippen LogP contribution in [0.15, 0.2) is 39.5 Å². The lowest BCUT2D eigenvalue weighted by atomic mass is 10.1. The third-order valence-corrected chi connectivity index (χ3v) is 3.55. The summed E-state index contributed by atoms with van der Waals surface area (Å²) >= 11 is 6.96. The van der Waals surface area contributed by atoms with Gasteiger partial charge in [-0.3, -0.25) is 0 Å². The number of nitrogens with zero attached hydrogens (tertiary/aromatic N) is 2. The largest absolute Gasteiger partial charge is 0.308 e. The molecule has 1 aromatic carbocycles. The van der Waals surface area contributed by atoms with Gasteiger partial charge in [0.2, 0.25) is 0 Å². The van der Waals surface area contributed by atoms with E-state index in [9.17, 15) is 0 Å². The van der Waals surface area contributed by atoms with Crippen LogP contribution in [-0.2, 0) is 6.54 Å². The molecule has 3 nitrogen and oxygen atoms in total. The van der Waals surface area contributed by atoms with Crippen molar-refractivity contribution >= 4 is 31.9 Å². The first-order chi connectivity index (χ1) is 8.85. The highest BCUT2D eigenvalue weighted by Crippen LogP contribution is 2.21. The zero-order chi connectivity index (χ0) is 14.0. The van der Waals surface area contributed by atoms with E-state index in [-0.39, 0.29) is 5.54 Å². The average molecular weight is 387 g/mol. The number of hydrogen-bond donors (Lipinski definition) is 1. The number of hydrogen-bond acceptors (Lipinski definition) is 2. The molecule has 0 spiro atoms. The maximum absolute atomic E-state index is 4.35. The van der Waals surface area contributed by atoms with E-state index in [0.717, 1.165) is 21.2 Å². The Kier molecular flexibility index (Phi) is 4.48. The number of nitrogens with one attached hydrogen (secondary N) is 1. The molecule has 1 aromatic heterocycles. The van der Waals surface area contributed by atoms with Gasteiger partial charge in [0, 0.05) is 22.8 Å². The summed E-state index contributed by atoms with van der Waals surface area (Å²) in [5.74, 6) is 0. The fourth-order valence-corrected chi connectivity index (χ4v) is 2.41. The Morgan fingerprint density at radius 2 is 1.95 bits per heavy atom. The Bertz CT molecular complexity index is 570. The molecule has 0 aliphatic carbocycles. The molecule has 0 bridgehead atoms. The van der Waals surface area contributed by atoms with E-state index >= 15 is 0 Å². The Labute approximate surface area is 130 Å². The fraction of sp³-hybridized carbons (Fsp3) is 0.357. The van der Waals surface area contributed by atoms with Gasteiger partial charge in [0.1, 0.15) is 0 Å². The van der Waals surface area contributed by atoms with E-state index in [0.29, 0.717) is 0 Å². The van der Waals surface area contributed by atoms with Gasteiger partial charge < -0.3 is 5.32 Å². The van der Waals surface area contributed by atoms with E-state index in [1.165, 1.54) is 5.56 Å². The molecule has 0 saturated carbocycles. The van der Waals surface area contributed by atoms with Crippen molar-refractivity contribution < 1.29 is 0 Å². The minimum absolute atomic E-state index is 0.0876. The monoisotopic (exact) mass is 385 g/mol. The smallest absolute Gasteiger partial charge is 0.0691 e. The Morgan fingerprint density at radius 3 is 2.53 bits per heavy atom. The maximum atomic E-state index is 4.35. The fourth-order valence-electron chi connectivity index (χ4n) is 1.71. The van der Waals surface area contributed by atoms with E-state index in [1.54, 1.807) is 6.20 Å². The van der Waals surface area contributed by atoms with Gasteiger partial charge in [0.05, 0.1) is 16.4 Å². The normalized spacial score (nSPS) is 11.8. The molecule has 0 fully saturated rings. The van der Waals surface area contributed by atoms with Crippen molar-refractivity contribution in [2.24, 2.45) is 0 Å². The zero-order valence-corrected chi connectivity index (χ0v) is 14.4. The molecule has 1 N–H and O–H groups in total. The van der Waals surface area contributed by atoms with Crippen molar-refractivity contribution in [2.75, 3.05) is 0 Å². The van der Waals surface area contributed by atoms with Crippen molar-refractivity contribution in [3.63, 3.8) is 0 Å². The zero-order valence-electron chi connectivity index (χ0n) is 11.2. The van der Waals surface area contributed by atoms with Crippen LogP contribution in [0.4, 0.5) is 0 Å². The van der Waals surface area contributed by atoms with Crippen molar-refractivity contribution in [3.05, 3.63) is 45.1 Å². The molecule has 5 heteroatoms. The Balaban J connectivity index is 2.33. The third kappa shape index (κ3) is 4.16. The van der Waals surface area contributed by atoms with Crippen LogP contribution in [-0.4, -0.2) is 15.3 Å². The first-order valence-electron chi connectivity index (χ1n) is 6.09. The summed E-state index contributed by atoms with van der Waals surface area (Å²) in [6, 6.07) is 6.23. The summed E-state index contributed by atoms with van der Waals surface area (Å²) in [5.41, 5.74) is 2.38. The molecular weight excluding hydrogens is 370 g/mol. The molecule has 0 atom stereocenters. The summed E-state index contributed by atoms with van der Waals surface area (Å²) in [5, 5.41) is 7.86. The minimum atomic E-state index is 0.0876. The highest BCUT2D eigenvalue weighted by molar-refractivity contribution is 9.10. The lowest BCUT2D eigenvalue weighted by Crippen LogP contribution is -2.35. The summed E-state index contributed by atoms with van der Waals surface area (Å²) in [6.45, 7) is 7.29. The molecule has 2 aromatic rings. The van der Waals surface area contributed by atoms with Crippen molar-refractivity contribution in [2.45, 2.75) is 32.9 Å². The molecule has 0 unspecified atom stereocenters. The summed E-state index contributed by atoms with van der Waals surface area (Å²) in [4.78, 5) is 0. The van der Waals surface area contributed by atoms with Crippen LogP contribution in [0.1, 0.15) is 26.3 Å². The lowest BCUT2D eigenvalue weighted by Gasteiger charge is -2.21. The Hall–Kier alpha value is -0.650. The molecule has 2 rings (SSSR count). The van der Waals surface area contributed by atoms with Gasteiger partial charge in [-0.15, -0.1) is 0 Å². The van der Waals surface area contributed by atoms with Crippen LogP contribution >= 0.6 is 31.9 Å². The molecule has 102 valence electrons. The lowest BCUT2D eigenvalue weighted by molar-refractivity contribution is 0.424. The van der Waals surface area contributed by atoms with Crippen LogP contribution < -0.4 is 5.32 Å². The maximum Gasteiger partial charge on any atom is 0.0691 e. The van der Waals surface area contributed by atoms with Gasteiger partial charge in [-0.25, -0.2) is 4.68 Å². The topological polar surface area (TPSA) is 29.9 Å². The van der Waals surface area contributed by atoms with E-state index < -0.39 is 0 Å². The van der Waals surface area contributed by atoms with Crippen LogP contribution in [0.25, 0.3) is 5.69 Å². The van der Waals surface area contributed by atoms with Crippen LogP contribution in [0.2, 0.25) is 0 Å². The number of aromatic nitrogens is 2. The number of benzene rings is 1. The number of rotatable bonds is 3. The summed E-state index contributed by atoms with van der Waals surface area (Å²) in [6.07, 6.45) is 3.76.